The van der Waals surface area contributed by atoms with Crippen molar-refractivity contribution in [1.29, 1.82) is 0 Å². The lowest BCUT2D eigenvalue weighted by Crippen LogP contribution is -2.17. The molecule has 2 aromatic carbocycles. The van der Waals surface area contributed by atoms with Crippen LogP contribution in [0.1, 0.15) is 11.1 Å². The molecule has 7 heteroatoms. The number of halogens is 2. The van der Waals surface area contributed by atoms with E-state index in [1.165, 1.54) is 6.07 Å². The van der Waals surface area contributed by atoms with Crippen LogP contribution in [-0.4, -0.2) is 31.0 Å². The van der Waals surface area contributed by atoms with E-state index in [1.807, 2.05) is 6.07 Å². The van der Waals surface area contributed by atoms with Gasteiger partial charge in [0.1, 0.15) is 0 Å². The zero-order valence-electron chi connectivity index (χ0n) is 13.5. The third-order valence-electron chi connectivity index (χ3n) is 3.47. The predicted octanol–water partition coefficient (Wildman–Crippen LogP) is 3.52. The summed E-state index contributed by atoms with van der Waals surface area (Å²) in [5.41, 5.74) is 1.84. The predicted molar refractivity (Wildman–Crippen MR) is 97.0 cm³/mol. The van der Waals surface area contributed by atoms with Gasteiger partial charge in [0.25, 0.3) is 0 Å². The Morgan fingerprint density at radius 1 is 1.04 bits per heavy atom. The van der Waals surface area contributed by atoms with E-state index in [1.54, 1.807) is 32.4 Å². The van der Waals surface area contributed by atoms with Gasteiger partial charge in [0.05, 0.1) is 14.2 Å². The second-order valence-corrected chi connectivity index (χ2v) is 5.49. The summed E-state index contributed by atoms with van der Waals surface area (Å²) in [6.07, 6.45) is 0.716. The highest BCUT2D eigenvalue weighted by Gasteiger charge is 2.11. The van der Waals surface area contributed by atoms with Crippen LogP contribution in [0.4, 0.5) is 0 Å². The van der Waals surface area contributed by atoms with Crippen molar-refractivity contribution < 1.29 is 19.7 Å². The minimum atomic E-state index is -0.113. The molecule has 0 aliphatic heterocycles. The van der Waals surface area contributed by atoms with Crippen molar-refractivity contribution >= 4 is 24.0 Å². The number of methoxy groups -OCH3 is 2. The topological polar surface area (TPSA) is 71.0 Å². The van der Waals surface area contributed by atoms with Crippen LogP contribution in [0.5, 0.6) is 23.0 Å². The molecule has 0 saturated heterocycles. The Morgan fingerprint density at radius 3 is 2.42 bits per heavy atom. The van der Waals surface area contributed by atoms with Crippen molar-refractivity contribution in [2.45, 2.75) is 13.0 Å². The monoisotopic (exact) mass is 373 g/mol. The lowest BCUT2D eigenvalue weighted by atomic mass is 10.1. The van der Waals surface area contributed by atoms with Crippen LogP contribution in [-0.2, 0) is 13.0 Å². The molecule has 0 bridgehead atoms. The normalized spacial score (nSPS) is 10.1. The van der Waals surface area contributed by atoms with Crippen molar-refractivity contribution in [3.8, 4) is 23.0 Å². The minimum absolute atomic E-state index is 0. The van der Waals surface area contributed by atoms with Crippen molar-refractivity contribution in [1.82, 2.24) is 5.32 Å². The molecule has 0 spiro atoms. The number of benzene rings is 2. The van der Waals surface area contributed by atoms with Gasteiger partial charge in [0.2, 0.25) is 0 Å². The van der Waals surface area contributed by atoms with E-state index in [0.29, 0.717) is 36.0 Å². The van der Waals surface area contributed by atoms with Gasteiger partial charge in [-0.1, -0.05) is 17.7 Å². The summed E-state index contributed by atoms with van der Waals surface area (Å²) < 4.78 is 10.7. The first-order valence-electron chi connectivity index (χ1n) is 7.17. The first-order chi connectivity index (χ1) is 11.0. The fourth-order valence-electron chi connectivity index (χ4n) is 2.32. The third-order valence-corrected chi connectivity index (χ3v) is 3.68. The largest absolute Gasteiger partial charge is 0.504 e. The van der Waals surface area contributed by atoms with Crippen LogP contribution in [0, 0.1) is 0 Å². The molecule has 2 rings (SSSR count). The van der Waals surface area contributed by atoms with Crippen LogP contribution in [0.15, 0.2) is 30.3 Å². The van der Waals surface area contributed by atoms with Gasteiger partial charge < -0.3 is 25.0 Å². The fourth-order valence-corrected chi connectivity index (χ4v) is 2.55. The Balaban J connectivity index is 0.00000288. The molecule has 0 radical (unpaired) electrons. The number of phenols is 2. The molecule has 0 amide bonds. The molecule has 132 valence electrons. The van der Waals surface area contributed by atoms with Gasteiger partial charge in [0, 0.05) is 23.2 Å². The summed E-state index contributed by atoms with van der Waals surface area (Å²) in [5.74, 6) is 1.04. The zero-order valence-corrected chi connectivity index (χ0v) is 15.1. The molecule has 24 heavy (non-hydrogen) atoms. The van der Waals surface area contributed by atoms with Crippen molar-refractivity contribution in [3.05, 3.63) is 46.5 Å². The average Bonchev–Trinajstić information content (AvgIpc) is 2.54. The Morgan fingerprint density at radius 2 is 1.79 bits per heavy atom. The van der Waals surface area contributed by atoms with Crippen molar-refractivity contribution in [3.63, 3.8) is 0 Å². The number of rotatable bonds is 7. The number of phenolic OH excluding ortho intramolecular Hbond substituents is 2. The first kappa shape index (κ1) is 20.2. The van der Waals surface area contributed by atoms with Gasteiger partial charge in [0.15, 0.2) is 23.0 Å². The summed E-state index contributed by atoms with van der Waals surface area (Å²) in [6.45, 7) is 1.27. The Hall–Kier alpha value is -1.82. The maximum atomic E-state index is 9.48. The van der Waals surface area contributed by atoms with Gasteiger partial charge in [-0.15, -0.1) is 12.4 Å². The fraction of sp³-hybridized carbons (Fsp3) is 0.294. The lowest BCUT2D eigenvalue weighted by molar-refractivity contribution is 0.351. The number of nitrogens with one attached hydrogen (secondary N) is 1. The molecular weight excluding hydrogens is 353 g/mol. The summed E-state index contributed by atoms with van der Waals surface area (Å²) in [6, 6.07) is 8.36. The second-order valence-electron chi connectivity index (χ2n) is 5.05. The van der Waals surface area contributed by atoms with E-state index in [2.05, 4.69) is 5.32 Å². The molecule has 0 fully saturated rings. The molecular formula is C17H21Cl2NO4. The Kier molecular flexibility index (Phi) is 7.98. The highest BCUT2D eigenvalue weighted by Crippen LogP contribution is 2.34. The molecule has 3 N–H and O–H groups in total. The second kappa shape index (κ2) is 9.47. The van der Waals surface area contributed by atoms with E-state index in [-0.39, 0.29) is 23.9 Å². The number of aromatic hydroxyl groups is 2. The maximum Gasteiger partial charge on any atom is 0.165 e. The highest BCUT2D eigenvalue weighted by atomic mass is 35.5. The highest BCUT2D eigenvalue weighted by molar-refractivity contribution is 6.30. The van der Waals surface area contributed by atoms with Gasteiger partial charge in [-0.05, 0) is 36.7 Å². The van der Waals surface area contributed by atoms with Crippen LogP contribution >= 0.6 is 24.0 Å². The average molecular weight is 374 g/mol. The van der Waals surface area contributed by atoms with E-state index in [0.717, 1.165) is 11.1 Å². The number of ether oxygens (including phenoxy) is 2. The van der Waals surface area contributed by atoms with Gasteiger partial charge in [-0.25, -0.2) is 0 Å². The van der Waals surface area contributed by atoms with E-state index in [4.69, 9.17) is 21.1 Å². The van der Waals surface area contributed by atoms with Crippen molar-refractivity contribution in [2.24, 2.45) is 0 Å². The summed E-state index contributed by atoms with van der Waals surface area (Å²) in [4.78, 5) is 0. The molecule has 0 aliphatic rings. The van der Waals surface area contributed by atoms with E-state index >= 15 is 0 Å². The first-order valence-corrected chi connectivity index (χ1v) is 7.55. The Bertz CT molecular complexity index is 680. The molecule has 0 heterocycles. The van der Waals surface area contributed by atoms with Crippen LogP contribution < -0.4 is 14.8 Å². The van der Waals surface area contributed by atoms with Crippen LogP contribution in [0.3, 0.4) is 0 Å². The summed E-state index contributed by atoms with van der Waals surface area (Å²) >= 11 is 6.08. The summed E-state index contributed by atoms with van der Waals surface area (Å²) in [5, 5.41) is 22.7. The van der Waals surface area contributed by atoms with Gasteiger partial charge in [-0.2, -0.15) is 0 Å². The van der Waals surface area contributed by atoms with Crippen LogP contribution in [0.25, 0.3) is 0 Å². The molecule has 0 aromatic heterocycles. The van der Waals surface area contributed by atoms with Crippen molar-refractivity contribution in [2.75, 3.05) is 20.8 Å². The molecule has 0 saturated carbocycles. The SMILES string of the molecule is COc1cc(Cl)cc(CNCCc2ccc(O)c(O)c2)c1OC.Cl. The molecule has 5 nitrogen and oxygen atoms in total. The maximum absolute atomic E-state index is 9.48. The minimum Gasteiger partial charge on any atom is -0.504 e. The van der Waals surface area contributed by atoms with E-state index < -0.39 is 0 Å². The molecule has 2 aromatic rings. The number of hydrogen-bond acceptors (Lipinski definition) is 5. The van der Waals surface area contributed by atoms with E-state index in [9.17, 15) is 10.2 Å². The molecule has 0 atom stereocenters. The lowest BCUT2D eigenvalue weighted by Gasteiger charge is -2.14. The zero-order chi connectivity index (χ0) is 16.8. The van der Waals surface area contributed by atoms with Gasteiger partial charge >= 0.3 is 0 Å². The number of hydrogen-bond donors (Lipinski definition) is 3. The summed E-state index contributed by atoms with van der Waals surface area (Å²) in [7, 11) is 3.16. The molecule has 0 aliphatic carbocycles. The van der Waals surface area contributed by atoms with Gasteiger partial charge in [-0.3, -0.25) is 0 Å². The van der Waals surface area contributed by atoms with Crippen LogP contribution in [0.2, 0.25) is 5.02 Å². The third kappa shape index (κ3) is 5.09. The standard InChI is InChI=1S/C17H20ClNO4.ClH/c1-22-16-9-13(18)8-12(17(16)23-2)10-19-6-5-11-3-4-14(20)15(21)7-11;/h3-4,7-9,19-21H,5-6,10H2,1-2H3;1H. The smallest absolute Gasteiger partial charge is 0.165 e. The quantitative estimate of drug-likeness (QED) is 0.511. The molecule has 0 unspecified atom stereocenters. The Labute approximate surface area is 152 Å².